The van der Waals surface area contributed by atoms with Crippen LogP contribution in [-0.2, 0) is 11.3 Å². The molecule has 1 amide bonds. The van der Waals surface area contributed by atoms with Gasteiger partial charge in [-0.1, -0.05) is 0 Å². The standard InChI is InChI=1S/C14H14FN3O5/c1-2-23-11-5-8(3-4-10(11)19)16-12(20)7-18-6-9(15)13(21)17-14(18)22/h3-6,19H,2,7H2,1H3,(H,16,20)(H,17,21,22). The number of halogens is 1. The SMILES string of the molecule is CCOc1cc(NC(=O)Cn2cc(F)c(=O)[nH]c2=O)ccc1O. The minimum absolute atomic E-state index is 0.0798. The molecule has 0 spiro atoms. The van der Waals surface area contributed by atoms with E-state index >= 15 is 0 Å². The number of aromatic hydroxyl groups is 1. The zero-order valence-corrected chi connectivity index (χ0v) is 12.1. The van der Waals surface area contributed by atoms with Crippen LogP contribution in [0, 0.1) is 5.82 Å². The largest absolute Gasteiger partial charge is 0.504 e. The van der Waals surface area contributed by atoms with E-state index in [-0.39, 0.29) is 11.5 Å². The van der Waals surface area contributed by atoms with Crippen molar-refractivity contribution in [2.45, 2.75) is 13.5 Å². The number of hydrogen-bond donors (Lipinski definition) is 3. The van der Waals surface area contributed by atoms with E-state index in [2.05, 4.69) is 5.32 Å². The summed E-state index contributed by atoms with van der Waals surface area (Å²) in [5, 5.41) is 12.0. The van der Waals surface area contributed by atoms with Gasteiger partial charge in [-0.3, -0.25) is 19.1 Å². The molecule has 0 aliphatic rings. The molecule has 122 valence electrons. The minimum atomic E-state index is -1.17. The number of amides is 1. The highest BCUT2D eigenvalue weighted by atomic mass is 19.1. The molecule has 2 rings (SSSR count). The molecule has 1 heterocycles. The molecule has 1 aromatic carbocycles. The number of carbonyl (C=O) groups excluding carboxylic acids is 1. The Kier molecular flexibility index (Phi) is 4.79. The maximum Gasteiger partial charge on any atom is 0.328 e. The quantitative estimate of drug-likeness (QED) is 0.690. The lowest BCUT2D eigenvalue weighted by Crippen LogP contribution is -2.34. The first-order chi connectivity index (χ1) is 10.9. The Bertz CT molecular complexity index is 843. The molecule has 0 atom stereocenters. The molecule has 8 nitrogen and oxygen atoms in total. The second-order valence-electron chi connectivity index (χ2n) is 4.53. The van der Waals surface area contributed by atoms with Crippen molar-refractivity contribution in [3.05, 3.63) is 51.1 Å². The molecule has 0 saturated carbocycles. The second kappa shape index (κ2) is 6.77. The lowest BCUT2D eigenvalue weighted by molar-refractivity contribution is -0.116. The van der Waals surface area contributed by atoms with Crippen molar-refractivity contribution in [2.24, 2.45) is 0 Å². The van der Waals surface area contributed by atoms with Crippen LogP contribution >= 0.6 is 0 Å². The molecule has 0 radical (unpaired) electrons. The van der Waals surface area contributed by atoms with Crippen LogP contribution in [0.1, 0.15) is 6.92 Å². The summed E-state index contributed by atoms with van der Waals surface area (Å²) >= 11 is 0. The number of aromatic amines is 1. The highest BCUT2D eigenvalue weighted by molar-refractivity contribution is 5.90. The van der Waals surface area contributed by atoms with Gasteiger partial charge in [0.25, 0.3) is 5.56 Å². The van der Waals surface area contributed by atoms with Gasteiger partial charge in [0.1, 0.15) is 6.54 Å². The third kappa shape index (κ3) is 3.96. The Labute approximate surface area is 129 Å². The zero-order valence-electron chi connectivity index (χ0n) is 12.1. The van der Waals surface area contributed by atoms with Crippen molar-refractivity contribution >= 4 is 11.6 Å². The number of rotatable bonds is 5. The molecule has 0 unspecified atom stereocenters. The fraction of sp³-hybridized carbons (Fsp3) is 0.214. The van der Waals surface area contributed by atoms with E-state index < -0.39 is 29.5 Å². The summed E-state index contributed by atoms with van der Waals surface area (Å²) < 4.78 is 19.1. The molecular formula is C14H14FN3O5. The molecule has 0 aliphatic heterocycles. The van der Waals surface area contributed by atoms with Crippen LogP contribution in [0.15, 0.2) is 34.0 Å². The number of anilines is 1. The number of hydrogen-bond acceptors (Lipinski definition) is 5. The number of phenols is 1. The Morgan fingerprint density at radius 3 is 2.87 bits per heavy atom. The summed E-state index contributed by atoms with van der Waals surface area (Å²) in [7, 11) is 0. The third-order valence-corrected chi connectivity index (χ3v) is 2.82. The molecule has 0 bridgehead atoms. The van der Waals surface area contributed by atoms with E-state index in [9.17, 15) is 23.9 Å². The van der Waals surface area contributed by atoms with E-state index in [0.29, 0.717) is 18.5 Å². The summed E-state index contributed by atoms with van der Waals surface area (Å²) in [4.78, 5) is 36.0. The van der Waals surface area contributed by atoms with Crippen LogP contribution in [0.2, 0.25) is 0 Å². The van der Waals surface area contributed by atoms with Crippen LogP contribution in [0.25, 0.3) is 0 Å². The molecule has 0 aliphatic carbocycles. The first-order valence-electron chi connectivity index (χ1n) is 6.65. The number of H-pyrrole nitrogens is 1. The van der Waals surface area contributed by atoms with Gasteiger partial charge in [0.2, 0.25) is 11.7 Å². The molecule has 9 heteroatoms. The van der Waals surface area contributed by atoms with Crippen molar-refractivity contribution in [3.8, 4) is 11.5 Å². The molecule has 0 fully saturated rings. The van der Waals surface area contributed by atoms with Crippen LogP contribution in [0.3, 0.4) is 0 Å². The predicted octanol–water partition coefficient (Wildman–Crippen LogP) is 0.419. The van der Waals surface area contributed by atoms with Crippen molar-refractivity contribution in [2.75, 3.05) is 11.9 Å². The first-order valence-corrected chi connectivity index (χ1v) is 6.65. The fourth-order valence-electron chi connectivity index (χ4n) is 1.82. The number of nitrogens with one attached hydrogen (secondary N) is 2. The fourth-order valence-corrected chi connectivity index (χ4v) is 1.82. The summed E-state index contributed by atoms with van der Waals surface area (Å²) in [5.74, 6) is -1.67. The third-order valence-electron chi connectivity index (χ3n) is 2.82. The van der Waals surface area contributed by atoms with Gasteiger partial charge in [0.15, 0.2) is 11.5 Å². The van der Waals surface area contributed by atoms with E-state index in [1.165, 1.54) is 18.2 Å². The van der Waals surface area contributed by atoms with Crippen molar-refractivity contribution in [1.82, 2.24) is 9.55 Å². The van der Waals surface area contributed by atoms with E-state index in [0.717, 1.165) is 4.57 Å². The molecule has 0 saturated heterocycles. The van der Waals surface area contributed by atoms with Crippen molar-refractivity contribution in [3.63, 3.8) is 0 Å². The van der Waals surface area contributed by atoms with Crippen LogP contribution in [-0.4, -0.2) is 27.2 Å². The molecule has 2 aromatic rings. The van der Waals surface area contributed by atoms with Gasteiger partial charge in [-0.25, -0.2) is 4.79 Å². The van der Waals surface area contributed by atoms with E-state index in [1.54, 1.807) is 11.9 Å². The Morgan fingerprint density at radius 1 is 1.43 bits per heavy atom. The second-order valence-corrected chi connectivity index (χ2v) is 4.53. The molecule has 3 N–H and O–H groups in total. The number of phenolic OH excluding ortho intramolecular Hbond substituents is 1. The normalized spacial score (nSPS) is 10.3. The van der Waals surface area contributed by atoms with Crippen molar-refractivity contribution < 1.29 is 19.0 Å². The Morgan fingerprint density at radius 2 is 2.17 bits per heavy atom. The maximum absolute atomic E-state index is 13.1. The van der Waals surface area contributed by atoms with Gasteiger partial charge in [0.05, 0.1) is 12.8 Å². The summed E-state index contributed by atoms with van der Waals surface area (Å²) in [6.07, 6.45) is 0.656. The van der Waals surface area contributed by atoms with Gasteiger partial charge in [0, 0.05) is 11.8 Å². The topological polar surface area (TPSA) is 113 Å². The minimum Gasteiger partial charge on any atom is -0.504 e. The highest BCUT2D eigenvalue weighted by Gasteiger charge is 2.10. The van der Waals surface area contributed by atoms with Gasteiger partial charge >= 0.3 is 5.69 Å². The number of ether oxygens (including phenoxy) is 1. The molecule has 1 aromatic heterocycles. The Hall–Kier alpha value is -3.10. The Balaban J connectivity index is 2.14. The summed E-state index contributed by atoms with van der Waals surface area (Å²) in [6.45, 7) is 1.58. The van der Waals surface area contributed by atoms with Gasteiger partial charge in [-0.15, -0.1) is 0 Å². The first kappa shape index (κ1) is 16.3. The zero-order chi connectivity index (χ0) is 17.0. The number of nitrogens with zero attached hydrogens (tertiary/aromatic N) is 1. The van der Waals surface area contributed by atoms with Crippen LogP contribution in [0.4, 0.5) is 10.1 Å². The lowest BCUT2D eigenvalue weighted by atomic mass is 10.2. The molecule has 23 heavy (non-hydrogen) atoms. The van der Waals surface area contributed by atoms with Gasteiger partial charge in [-0.2, -0.15) is 4.39 Å². The van der Waals surface area contributed by atoms with E-state index in [4.69, 9.17) is 4.74 Å². The summed E-state index contributed by atoms with van der Waals surface area (Å²) in [6, 6.07) is 4.19. The number of aromatic nitrogens is 2. The van der Waals surface area contributed by atoms with E-state index in [1.807, 2.05) is 0 Å². The lowest BCUT2D eigenvalue weighted by Gasteiger charge is -2.10. The maximum atomic E-state index is 13.1. The molecular weight excluding hydrogens is 309 g/mol. The van der Waals surface area contributed by atoms with Gasteiger partial charge in [-0.05, 0) is 19.1 Å². The smallest absolute Gasteiger partial charge is 0.328 e. The average molecular weight is 323 g/mol. The van der Waals surface area contributed by atoms with Crippen LogP contribution < -0.4 is 21.3 Å². The highest BCUT2D eigenvalue weighted by Crippen LogP contribution is 2.28. The number of benzene rings is 1. The van der Waals surface area contributed by atoms with Gasteiger partial charge < -0.3 is 15.2 Å². The predicted molar refractivity (Wildman–Crippen MR) is 79.2 cm³/mol. The monoisotopic (exact) mass is 323 g/mol. The number of carbonyl (C=O) groups is 1. The van der Waals surface area contributed by atoms with Crippen molar-refractivity contribution in [1.29, 1.82) is 0 Å². The summed E-state index contributed by atoms with van der Waals surface area (Å²) in [5.41, 5.74) is -1.71. The average Bonchev–Trinajstić information content (AvgIpc) is 2.48. The van der Waals surface area contributed by atoms with Crippen LogP contribution in [0.5, 0.6) is 11.5 Å².